The van der Waals surface area contributed by atoms with Crippen LogP contribution < -0.4 is 5.32 Å². The summed E-state index contributed by atoms with van der Waals surface area (Å²) >= 11 is 0. The molecule has 1 aromatic rings. The molecule has 1 unspecified atom stereocenters. The van der Waals surface area contributed by atoms with Crippen molar-refractivity contribution in [3.05, 3.63) is 11.9 Å². The van der Waals surface area contributed by atoms with E-state index in [2.05, 4.69) is 14.9 Å². The fraction of sp³-hybridized carbons (Fsp3) is 0.667. The van der Waals surface area contributed by atoms with E-state index in [1.165, 1.54) is 0 Å². The second-order valence-electron chi connectivity index (χ2n) is 3.15. The number of aromatic nitrogens is 2. The van der Waals surface area contributed by atoms with Crippen molar-refractivity contribution in [1.82, 2.24) is 9.55 Å². The summed E-state index contributed by atoms with van der Waals surface area (Å²) in [6, 6.07) is 0. The van der Waals surface area contributed by atoms with Gasteiger partial charge in [-0.1, -0.05) is 0 Å². The summed E-state index contributed by atoms with van der Waals surface area (Å²) in [5, 5.41) is 3.04. The highest BCUT2D eigenvalue weighted by molar-refractivity contribution is 5.27. The lowest BCUT2D eigenvalue weighted by molar-refractivity contribution is 0.104. The minimum absolute atomic E-state index is 0.209. The number of methoxy groups -OCH3 is 1. The summed E-state index contributed by atoms with van der Waals surface area (Å²) in [7, 11) is 3.59. The zero-order chi connectivity index (χ0) is 9.84. The number of nitrogens with one attached hydrogen (secondary N) is 1. The Kier molecular flexibility index (Phi) is 3.31. The first-order valence-corrected chi connectivity index (χ1v) is 4.41. The van der Waals surface area contributed by atoms with Crippen LogP contribution in [0.5, 0.6) is 0 Å². The Labute approximate surface area is 78.9 Å². The molecule has 0 radical (unpaired) electrons. The molecule has 1 N–H and O–H groups in total. The average molecular weight is 183 g/mol. The molecule has 0 fully saturated rings. The van der Waals surface area contributed by atoms with Crippen LogP contribution in [0.1, 0.15) is 12.6 Å². The normalized spacial score (nSPS) is 12.9. The van der Waals surface area contributed by atoms with Crippen LogP contribution in [-0.2, 0) is 11.3 Å². The highest BCUT2D eigenvalue weighted by Gasteiger charge is 2.06. The van der Waals surface area contributed by atoms with Gasteiger partial charge in [0.1, 0.15) is 0 Å². The fourth-order valence-electron chi connectivity index (χ4n) is 1.24. The van der Waals surface area contributed by atoms with Crippen LogP contribution >= 0.6 is 0 Å². The molecular formula is C9H17N3O. The lowest BCUT2D eigenvalue weighted by Gasteiger charge is -2.11. The van der Waals surface area contributed by atoms with Crippen LogP contribution in [0, 0.1) is 6.92 Å². The van der Waals surface area contributed by atoms with E-state index in [0.717, 1.165) is 18.2 Å². The van der Waals surface area contributed by atoms with Gasteiger partial charge in [0.05, 0.1) is 18.3 Å². The predicted molar refractivity (Wildman–Crippen MR) is 53.0 cm³/mol. The highest BCUT2D eigenvalue weighted by atomic mass is 16.5. The SMILES string of the molecule is CNc1nc(C)cn1CC(C)OC. The molecule has 74 valence electrons. The van der Waals surface area contributed by atoms with Crippen LogP contribution in [0.4, 0.5) is 5.95 Å². The van der Waals surface area contributed by atoms with Crippen molar-refractivity contribution < 1.29 is 4.74 Å². The van der Waals surface area contributed by atoms with Crippen LogP contribution in [0.25, 0.3) is 0 Å². The molecule has 4 nitrogen and oxygen atoms in total. The minimum Gasteiger partial charge on any atom is -0.380 e. The summed E-state index contributed by atoms with van der Waals surface area (Å²) < 4.78 is 7.25. The zero-order valence-corrected chi connectivity index (χ0v) is 8.66. The molecule has 1 heterocycles. The number of hydrogen-bond donors (Lipinski definition) is 1. The molecule has 0 saturated heterocycles. The van der Waals surface area contributed by atoms with E-state index in [0.29, 0.717) is 0 Å². The molecule has 4 heteroatoms. The number of rotatable bonds is 4. The van der Waals surface area contributed by atoms with Crippen molar-refractivity contribution in [3.8, 4) is 0 Å². The molecule has 1 atom stereocenters. The minimum atomic E-state index is 0.209. The monoisotopic (exact) mass is 183 g/mol. The van der Waals surface area contributed by atoms with E-state index in [9.17, 15) is 0 Å². The smallest absolute Gasteiger partial charge is 0.202 e. The molecule has 0 aliphatic carbocycles. The predicted octanol–water partition coefficient (Wildman–Crippen LogP) is 1.27. The number of nitrogens with zero attached hydrogens (tertiary/aromatic N) is 2. The second kappa shape index (κ2) is 4.28. The Morgan fingerprint density at radius 1 is 1.69 bits per heavy atom. The Morgan fingerprint density at radius 2 is 2.38 bits per heavy atom. The van der Waals surface area contributed by atoms with Gasteiger partial charge in [-0.25, -0.2) is 4.98 Å². The third-order valence-electron chi connectivity index (χ3n) is 1.98. The van der Waals surface area contributed by atoms with Gasteiger partial charge in [-0.2, -0.15) is 0 Å². The topological polar surface area (TPSA) is 39.1 Å². The van der Waals surface area contributed by atoms with Crippen molar-refractivity contribution in [2.45, 2.75) is 26.5 Å². The summed E-state index contributed by atoms with van der Waals surface area (Å²) in [5.74, 6) is 0.890. The molecule has 0 aliphatic rings. The quantitative estimate of drug-likeness (QED) is 0.764. The second-order valence-corrected chi connectivity index (χ2v) is 3.15. The molecular weight excluding hydrogens is 166 g/mol. The number of ether oxygens (including phenoxy) is 1. The number of imidazole rings is 1. The van der Waals surface area contributed by atoms with Gasteiger partial charge in [0, 0.05) is 20.4 Å². The van der Waals surface area contributed by atoms with Crippen LogP contribution in [-0.4, -0.2) is 29.8 Å². The number of anilines is 1. The zero-order valence-electron chi connectivity index (χ0n) is 8.66. The first kappa shape index (κ1) is 10.1. The Bertz CT molecular complexity index is 270. The highest BCUT2D eigenvalue weighted by Crippen LogP contribution is 2.08. The lowest BCUT2D eigenvalue weighted by Crippen LogP contribution is -2.15. The standard InChI is InChI=1S/C9H17N3O/c1-7-5-12(6-8(2)13-4)9(10-3)11-7/h5,8H,6H2,1-4H3,(H,10,11). The van der Waals surface area contributed by atoms with Crippen molar-refractivity contribution >= 4 is 5.95 Å². The van der Waals surface area contributed by atoms with E-state index in [1.54, 1.807) is 7.11 Å². The van der Waals surface area contributed by atoms with Gasteiger partial charge in [0.25, 0.3) is 0 Å². The van der Waals surface area contributed by atoms with Gasteiger partial charge < -0.3 is 14.6 Å². The molecule has 0 bridgehead atoms. The van der Waals surface area contributed by atoms with Crippen molar-refractivity contribution in [2.75, 3.05) is 19.5 Å². The van der Waals surface area contributed by atoms with Gasteiger partial charge in [-0.3, -0.25) is 0 Å². The van der Waals surface area contributed by atoms with E-state index in [1.807, 2.05) is 27.1 Å². The van der Waals surface area contributed by atoms with Crippen LogP contribution in [0.2, 0.25) is 0 Å². The summed E-state index contributed by atoms with van der Waals surface area (Å²) in [5.41, 5.74) is 1.02. The first-order valence-electron chi connectivity index (χ1n) is 4.41. The third kappa shape index (κ3) is 2.45. The molecule has 1 rings (SSSR count). The first-order chi connectivity index (χ1) is 6.17. The maximum absolute atomic E-state index is 5.19. The molecule has 0 saturated carbocycles. The average Bonchev–Trinajstić information content (AvgIpc) is 2.46. The van der Waals surface area contributed by atoms with Gasteiger partial charge >= 0.3 is 0 Å². The Morgan fingerprint density at radius 3 is 2.92 bits per heavy atom. The van der Waals surface area contributed by atoms with Crippen LogP contribution in [0.3, 0.4) is 0 Å². The van der Waals surface area contributed by atoms with E-state index in [4.69, 9.17) is 4.74 Å². The number of hydrogen-bond acceptors (Lipinski definition) is 3. The van der Waals surface area contributed by atoms with Crippen molar-refractivity contribution in [2.24, 2.45) is 0 Å². The summed E-state index contributed by atoms with van der Waals surface area (Å²) in [4.78, 5) is 4.31. The molecule has 0 aliphatic heterocycles. The van der Waals surface area contributed by atoms with Crippen LogP contribution in [0.15, 0.2) is 6.20 Å². The Balaban J connectivity index is 2.74. The third-order valence-corrected chi connectivity index (χ3v) is 1.98. The van der Waals surface area contributed by atoms with Crippen molar-refractivity contribution in [3.63, 3.8) is 0 Å². The van der Waals surface area contributed by atoms with E-state index >= 15 is 0 Å². The van der Waals surface area contributed by atoms with Gasteiger partial charge in [0.15, 0.2) is 0 Å². The molecule has 0 amide bonds. The summed E-state index contributed by atoms with van der Waals surface area (Å²) in [6.45, 7) is 4.84. The van der Waals surface area contributed by atoms with Gasteiger partial charge in [0.2, 0.25) is 5.95 Å². The van der Waals surface area contributed by atoms with E-state index in [-0.39, 0.29) is 6.10 Å². The molecule has 1 aromatic heterocycles. The number of aryl methyl sites for hydroxylation is 1. The van der Waals surface area contributed by atoms with Crippen molar-refractivity contribution in [1.29, 1.82) is 0 Å². The molecule has 0 spiro atoms. The maximum atomic E-state index is 5.19. The summed E-state index contributed by atoms with van der Waals surface area (Å²) in [6.07, 6.45) is 2.22. The van der Waals surface area contributed by atoms with Gasteiger partial charge in [-0.05, 0) is 13.8 Å². The Hall–Kier alpha value is -1.03. The van der Waals surface area contributed by atoms with E-state index < -0.39 is 0 Å². The van der Waals surface area contributed by atoms with Gasteiger partial charge in [-0.15, -0.1) is 0 Å². The maximum Gasteiger partial charge on any atom is 0.202 e. The molecule has 0 aromatic carbocycles. The largest absolute Gasteiger partial charge is 0.380 e. The lowest BCUT2D eigenvalue weighted by atomic mass is 10.4. The molecule has 13 heavy (non-hydrogen) atoms. The fourth-order valence-corrected chi connectivity index (χ4v) is 1.24.